The number of piperidine rings is 2. The van der Waals surface area contributed by atoms with Crippen LogP contribution in [0.5, 0.6) is 0 Å². The van der Waals surface area contributed by atoms with Crippen molar-refractivity contribution in [3.05, 3.63) is 0 Å². The zero-order chi connectivity index (χ0) is 11.7. The normalized spacial score (nSPS) is 42.9. The lowest BCUT2D eigenvalue weighted by molar-refractivity contribution is 0.0272. The van der Waals surface area contributed by atoms with E-state index in [4.69, 9.17) is 5.73 Å². The number of hydrogen-bond acceptors (Lipinski definition) is 4. The molecule has 0 amide bonds. The quantitative estimate of drug-likeness (QED) is 0.747. The average Bonchev–Trinajstić information content (AvgIpc) is 2.79. The molecule has 0 spiro atoms. The van der Waals surface area contributed by atoms with Crippen LogP contribution in [0.4, 0.5) is 0 Å². The third kappa shape index (κ3) is 2.24. The zero-order valence-electron chi connectivity index (χ0n) is 10.8. The van der Waals surface area contributed by atoms with Crippen molar-refractivity contribution in [2.24, 2.45) is 11.7 Å². The van der Waals surface area contributed by atoms with E-state index in [0.29, 0.717) is 0 Å². The number of rotatable bonds is 3. The maximum absolute atomic E-state index is 6.13. The fourth-order valence-electron chi connectivity index (χ4n) is 3.83. The molecule has 4 heteroatoms. The smallest absolute Gasteiger partial charge is 0.0500 e. The molecule has 3 atom stereocenters. The van der Waals surface area contributed by atoms with Crippen molar-refractivity contribution < 1.29 is 0 Å². The van der Waals surface area contributed by atoms with Gasteiger partial charge in [-0.1, -0.05) is 6.42 Å². The summed E-state index contributed by atoms with van der Waals surface area (Å²) in [6, 6.07) is 0. The van der Waals surface area contributed by atoms with Gasteiger partial charge in [0, 0.05) is 32.7 Å². The van der Waals surface area contributed by atoms with Gasteiger partial charge in [-0.05, 0) is 38.1 Å². The standard InChI is InChI=1S/C13H26N4/c14-11-13(15-17-6-2-1-3-7-17)5-9-16-8-4-12(13)10-16/h12,15H,1-11,14H2. The minimum Gasteiger partial charge on any atom is -0.329 e. The average molecular weight is 238 g/mol. The molecule has 3 heterocycles. The Kier molecular flexibility index (Phi) is 3.39. The molecule has 0 aromatic heterocycles. The summed E-state index contributed by atoms with van der Waals surface area (Å²) in [4.78, 5) is 2.59. The summed E-state index contributed by atoms with van der Waals surface area (Å²) in [5, 5.41) is 2.45. The predicted molar refractivity (Wildman–Crippen MR) is 69.5 cm³/mol. The topological polar surface area (TPSA) is 44.5 Å². The number of nitrogens with zero attached hydrogens (tertiary/aromatic N) is 2. The number of hydrogen-bond donors (Lipinski definition) is 2. The summed E-state index contributed by atoms with van der Waals surface area (Å²) in [6.07, 6.45) is 6.63. The predicted octanol–water partition coefficient (Wildman–Crippen LogP) is 0.400. The lowest BCUT2D eigenvalue weighted by Gasteiger charge is -2.46. The second kappa shape index (κ2) is 4.84. The van der Waals surface area contributed by atoms with Gasteiger partial charge in [0.05, 0.1) is 5.54 Å². The Hall–Kier alpha value is -0.160. The fraction of sp³-hybridized carbons (Fsp3) is 1.00. The van der Waals surface area contributed by atoms with Crippen molar-refractivity contribution in [2.75, 3.05) is 39.3 Å². The van der Waals surface area contributed by atoms with Crippen LogP contribution in [0.25, 0.3) is 0 Å². The van der Waals surface area contributed by atoms with Gasteiger partial charge in [0.25, 0.3) is 0 Å². The molecule has 4 nitrogen and oxygen atoms in total. The first-order valence-electron chi connectivity index (χ1n) is 7.28. The van der Waals surface area contributed by atoms with Crippen molar-refractivity contribution in [3.63, 3.8) is 0 Å². The van der Waals surface area contributed by atoms with Gasteiger partial charge in [0.1, 0.15) is 0 Å². The summed E-state index contributed by atoms with van der Waals surface area (Å²) in [5.41, 5.74) is 10.2. The van der Waals surface area contributed by atoms with Gasteiger partial charge in [-0.2, -0.15) is 0 Å². The molecule has 3 fully saturated rings. The molecule has 0 saturated carbocycles. The van der Waals surface area contributed by atoms with Gasteiger partial charge in [-0.15, -0.1) is 0 Å². The van der Waals surface area contributed by atoms with Gasteiger partial charge in [-0.25, -0.2) is 10.4 Å². The van der Waals surface area contributed by atoms with Crippen LogP contribution < -0.4 is 11.2 Å². The van der Waals surface area contributed by atoms with E-state index in [1.165, 1.54) is 64.8 Å². The number of fused-ring (bicyclic) bond motifs is 2. The van der Waals surface area contributed by atoms with Crippen LogP contribution in [0.3, 0.4) is 0 Å². The SMILES string of the molecule is NCC1(NN2CCCCC2)CCN2CCC1C2. The Morgan fingerprint density at radius 2 is 1.94 bits per heavy atom. The summed E-state index contributed by atoms with van der Waals surface area (Å²) < 4.78 is 0. The molecule has 17 heavy (non-hydrogen) atoms. The van der Waals surface area contributed by atoms with E-state index < -0.39 is 0 Å². The van der Waals surface area contributed by atoms with Crippen LogP contribution in [-0.2, 0) is 0 Å². The zero-order valence-corrected chi connectivity index (χ0v) is 10.8. The summed E-state index contributed by atoms with van der Waals surface area (Å²) in [7, 11) is 0. The monoisotopic (exact) mass is 238 g/mol. The number of hydrazine groups is 1. The highest BCUT2D eigenvalue weighted by molar-refractivity contribution is 5.03. The van der Waals surface area contributed by atoms with Gasteiger partial charge in [-0.3, -0.25) is 0 Å². The van der Waals surface area contributed by atoms with E-state index >= 15 is 0 Å². The van der Waals surface area contributed by atoms with Gasteiger partial charge in [0.15, 0.2) is 0 Å². The molecule has 98 valence electrons. The molecule has 0 aromatic carbocycles. The van der Waals surface area contributed by atoms with Crippen LogP contribution in [-0.4, -0.2) is 54.7 Å². The molecular formula is C13H26N4. The second-order valence-corrected chi connectivity index (χ2v) is 6.06. The van der Waals surface area contributed by atoms with Crippen LogP contribution in [0.15, 0.2) is 0 Å². The highest BCUT2D eigenvalue weighted by Gasteiger charge is 2.46. The minimum atomic E-state index is 0.199. The highest BCUT2D eigenvalue weighted by Crippen LogP contribution is 2.35. The van der Waals surface area contributed by atoms with Crippen molar-refractivity contribution in [2.45, 2.75) is 37.6 Å². The van der Waals surface area contributed by atoms with Gasteiger partial charge in [0.2, 0.25) is 0 Å². The van der Waals surface area contributed by atoms with Gasteiger partial charge < -0.3 is 10.6 Å². The highest BCUT2D eigenvalue weighted by atomic mass is 15.5. The largest absolute Gasteiger partial charge is 0.329 e. The van der Waals surface area contributed by atoms with Gasteiger partial charge >= 0.3 is 0 Å². The van der Waals surface area contributed by atoms with E-state index in [2.05, 4.69) is 15.3 Å². The molecule has 0 radical (unpaired) electrons. The number of nitrogens with two attached hydrogens (primary N) is 1. The second-order valence-electron chi connectivity index (χ2n) is 6.06. The maximum Gasteiger partial charge on any atom is 0.0500 e. The molecule has 3 unspecified atom stereocenters. The number of nitrogens with one attached hydrogen (secondary N) is 1. The van der Waals surface area contributed by atoms with Crippen molar-refractivity contribution in [1.82, 2.24) is 15.3 Å². The molecule has 3 rings (SSSR count). The Morgan fingerprint density at radius 1 is 1.12 bits per heavy atom. The van der Waals surface area contributed by atoms with Crippen LogP contribution >= 0.6 is 0 Å². The van der Waals surface area contributed by atoms with E-state index in [-0.39, 0.29) is 5.54 Å². The maximum atomic E-state index is 6.13. The molecule has 0 aromatic rings. The third-order valence-corrected chi connectivity index (χ3v) is 5.03. The van der Waals surface area contributed by atoms with Crippen molar-refractivity contribution in [1.29, 1.82) is 0 Å². The van der Waals surface area contributed by atoms with E-state index in [0.717, 1.165) is 12.5 Å². The molecule has 3 N–H and O–H groups in total. The summed E-state index contributed by atoms with van der Waals surface area (Å²) in [6.45, 7) is 6.99. The van der Waals surface area contributed by atoms with E-state index in [1.54, 1.807) is 0 Å². The first kappa shape index (κ1) is 11.9. The Balaban J connectivity index is 1.68. The molecule has 3 aliphatic heterocycles. The third-order valence-electron chi connectivity index (χ3n) is 5.03. The van der Waals surface area contributed by atoms with Crippen molar-refractivity contribution in [3.8, 4) is 0 Å². The Morgan fingerprint density at radius 3 is 2.71 bits per heavy atom. The molecule has 2 bridgehead atoms. The Labute approximate surface area is 104 Å². The molecular weight excluding hydrogens is 212 g/mol. The summed E-state index contributed by atoms with van der Waals surface area (Å²) in [5.74, 6) is 0.767. The van der Waals surface area contributed by atoms with E-state index in [9.17, 15) is 0 Å². The van der Waals surface area contributed by atoms with Crippen LogP contribution in [0.1, 0.15) is 32.1 Å². The first-order chi connectivity index (χ1) is 8.32. The molecule has 3 aliphatic rings. The Bertz CT molecular complexity index is 264. The minimum absolute atomic E-state index is 0.199. The lowest BCUT2D eigenvalue weighted by Crippen LogP contribution is -2.65. The lowest BCUT2D eigenvalue weighted by atomic mass is 9.79. The van der Waals surface area contributed by atoms with Crippen molar-refractivity contribution >= 4 is 0 Å². The fourth-order valence-corrected chi connectivity index (χ4v) is 3.83. The first-order valence-corrected chi connectivity index (χ1v) is 7.28. The van der Waals surface area contributed by atoms with E-state index in [1.807, 2.05) is 0 Å². The van der Waals surface area contributed by atoms with Crippen LogP contribution in [0, 0.1) is 5.92 Å². The molecule has 3 saturated heterocycles. The summed E-state index contributed by atoms with van der Waals surface area (Å²) >= 11 is 0. The van der Waals surface area contributed by atoms with Crippen LogP contribution in [0.2, 0.25) is 0 Å². The molecule has 0 aliphatic carbocycles.